The first-order valence-corrected chi connectivity index (χ1v) is 12.5. The molecule has 1 aliphatic heterocycles. The summed E-state index contributed by atoms with van der Waals surface area (Å²) in [6, 6.07) is 5.67. The Kier molecular flexibility index (Phi) is 7.41. The van der Waals surface area contributed by atoms with E-state index in [9.17, 15) is 26.4 Å². The molecule has 0 bridgehead atoms. The van der Waals surface area contributed by atoms with Crippen molar-refractivity contribution in [3.63, 3.8) is 0 Å². The van der Waals surface area contributed by atoms with E-state index in [4.69, 9.17) is 4.74 Å². The third-order valence-electron chi connectivity index (χ3n) is 4.67. The maximum absolute atomic E-state index is 12.6. The van der Waals surface area contributed by atoms with Gasteiger partial charge in [-0.1, -0.05) is 17.7 Å². The summed E-state index contributed by atoms with van der Waals surface area (Å²) in [5.74, 6) is -1.50. The number of ether oxygens (including phenoxy) is 1. The lowest BCUT2D eigenvalue weighted by atomic mass is 10.2. The molecule has 1 aromatic carbocycles. The fourth-order valence-corrected chi connectivity index (χ4v) is 5.79. The van der Waals surface area contributed by atoms with Crippen LogP contribution >= 0.6 is 0 Å². The van der Waals surface area contributed by atoms with Crippen LogP contribution in [0.4, 0.5) is 0 Å². The number of likely N-dealkylation sites (N-methyl/N-ethyl adjacent to an activating group) is 1. The van der Waals surface area contributed by atoms with Crippen molar-refractivity contribution in [2.45, 2.75) is 44.2 Å². The van der Waals surface area contributed by atoms with E-state index in [1.165, 1.54) is 24.0 Å². The second kappa shape index (κ2) is 9.23. The number of sulfone groups is 1. The Bertz CT molecular complexity index is 956. The molecule has 1 aromatic rings. The molecule has 0 aromatic heterocycles. The molecule has 0 radical (unpaired) electrons. The standard InChI is InChI=1S/C18H26N2O7S2/c1-4-20(15-9-10-28(23,24)12-15)18(22)14(3)27-17(21)11-19-29(25,26)16-7-5-13(2)6-8-16/h5-8,14-15,19H,4,9-12H2,1-3H3. The maximum atomic E-state index is 12.6. The average Bonchev–Trinajstić information content (AvgIpc) is 3.00. The number of nitrogens with one attached hydrogen (secondary N) is 1. The second-order valence-corrected chi connectivity index (χ2v) is 10.9. The van der Waals surface area contributed by atoms with Crippen molar-refractivity contribution in [1.82, 2.24) is 9.62 Å². The number of hydrogen-bond acceptors (Lipinski definition) is 7. The predicted molar refractivity (Wildman–Crippen MR) is 106 cm³/mol. The summed E-state index contributed by atoms with van der Waals surface area (Å²) in [5, 5.41) is 0. The lowest BCUT2D eigenvalue weighted by Gasteiger charge is -2.29. The number of sulfonamides is 1. The summed E-state index contributed by atoms with van der Waals surface area (Å²) in [7, 11) is -7.05. The van der Waals surface area contributed by atoms with E-state index >= 15 is 0 Å². The first kappa shape index (κ1) is 23.3. The molecule has 0 spiro atoms. The van der Waals surface area contributed by atoms with Gasteiger partial charge in [-0.2, -0.15) is 4.72 Å². The highest BCUT2D eigenvalue weighted by Crippen LogP contribution is 2.19. The van der Waals surface area contributed by atoms with Gasteiger partial charge in [0.2, 0.25) is 10.0 Å². The third-order valence-corrected chi connectivity index (χ3v) is 7.83. The minimum absolute atomic E-state index is 0.0135. The maximum Gasteiger partial charge on any atom is 0.321 e. The zero-order valence-electron chi connectivity index (χ0n) is 16.6. The van der Waals surface area contributed by atoms with E-state index in [0.717, 1.165) is 5.56 Å². The van der Waals surface area contributed by atoms with Gasteiger partial charge in [-0.05, 0) is 39.3 Å². The SMILES string of the molecule is CCN(C(=O)C(C)OC(=O)CNS(=O)(=O)c1ccc(C)cc1)C1CCS(=O)(=O)C1. The number of rotatable bonds is 8. The van der Waals surface area contributed by atoms with Crippen LogP contribution in [0, 0.1) is 6.92 Å². The minimum Gasteiger partial charge on any atom is -0.452 e. The molecule has 1 fully saturated rings. The summed E-state index contributed by atoms with van der Waals surface area (Å²) in [6.07, 6.45) is -0.812. The Hall–Kier alpha value is -1.98. The van der Waals surface area contributed by atoms with Gasteiger partial charge < -0.3 is 9.64 Å². The third kappa shape index (κ3) is 6.25. The Balaban J connectivity index is 1.92. The monoisotopic (exact) mass is 446 g/mol. The molecule has 11 heteroatoms. The van der Waals surface area contributed by atoms with E-state index in [-0.39, 0.29) is 22.9 Å². The summed E-state index contributed by atoms with van der Waals surface area (Å²) in [6.45, 7) is 4.56. The smallest absolute Gasteiger partial charge is 0.321 e. The average molecular weight is 447 g/mol. The molecule has 0 aliphatic carbocycles. The number of carbonyl (C=O) groups is 2. The number of benzene rings is 1. The molecule has 9 nitrogen and oxygen atoms in total. The number of hydrogen-bond donors (Lipinski definition) is 1. The van der Waals surface area contributed by atoms with Gasteiger partial charge in [0, 0.05) is 12.6 Å². The molecule has 2 atom stereocenters. The van der Waals surface area contributed by atoms with Crippen molar-refractivity contribution < 1.29 is 31.2 Å². The Morgan fingerprint density at radius 3 is 2.41 bits per heavy atom. The summed E-state index contributed by atoms with van der Waals surface area (Å²) in [4.78, 5) is 26.0. The fraction of sp³-hybridized carbons (Fsp3) is 0.556. The molecule has 1 aliphatic rings. The van der Waals surface area contributed by atoms with Crippen molar-refractivity contribution in [2.75, 3.05) is 24.6 Å². The van der Waals surface area contributed by atoms with E-state index < -0.39 is 50.4 Å². The normalized spacial score (nSPS) is 19.5. The highest BCUT2D eigenvalue weighted by atomic mass is 32.2. The summed E-state index contributed by atoms with van der Waals surface area (Å²) in [5.41, 5.74) is 0.895. The summed E-state index contributed by atoms with van der Waals surface area (Å²) < 4.78 is 54.9. The Morgan fingerprint density at radius 1 is 1.28 bits per heavy atom. The quantitative estimate of drug-likeness (QED) is 0.567. The molecule has 0 saturated carbocycles. The number of aryl methyl sites for hydroxylation is 1. The Labute approximate surface area is 171 Å². The van der Waals surface area contributed by atoms with Gasteiger partial charge in [-0.3, -0.25) is 9.59 Å². The van der Waals surface area contributed by atoms with Crippen LogP contribution in [0.2, 0.25) is 0 Å². The van der Waals surface area contributed by atoms with Crippen molar-refractivity contribution >= 4 is 31.7 Å². The Morgan fingerprint density at radius 2 is 1.90 bits per heavy atom. The van der Waals surface area contributed by atoms with Gasteiger partial charge in [0.1, 0.15) is 6.54 Å². The molecule has 29 heavy (non-hydrogen) atoms. The van der Waals surface area contributed by atoms with Gasteiger partial charge in [0.25, 0.3) is 5.91 Å². The van der Waals surface area contributed by atoms with Crippen molar-refractivity contribution in [3.8, 4) is 0 Å². The molecule has 1 N–H and O–H groups in total. The van der Waals surface area contributed by atoms with Gasteiger partial charge in [0.05, 0.1) is 16.4 Å². The second-order valence-electron chi connectivity index (χ2n) is 6.95. The topological polar surface area (TPSA) is 127 Å². The van der Waals surface area contributed by atoms with Crippen molar-refractivity contribution in [2.24, 2.45) is 0 Å². The lowest BCUT2D eigenvalue weighted by molar-refractivity contribution is -0.159. The predicted octanol–water partition coefficient (Wildman–Crippen LogP) is 0.241. The summed E-state index contributed by atoms with van der Waals surface area (Å²) >= 11 is 0. The molecular weight excluding hydrogens is 420 g/mol. The molecule has 2 rings (SSSR count). The van der Waals surface area contributed by atoms with Crippen LogP contribution in [0.1, 0.15) is 25.8 Å². The highest BCUT2D eigenvalue weighted by molar-refractivity contribution is 7.91. The van der Waals surface area contributed by atoms with Crippen LogP contribution in [0.15, 0.2) is 29.2 Å². The van der Waals surface area contributed by atoms with E-state index in [1.54, 1.807) is 19.1 Å². The molecule has 162 valence electrons. The van der Waals surface area contributed by atoms with Gasteiger partial charge in [0.15, 0.2) is 15.9 Å². The first-order chi connectivity index (χ1) is 13.4. The first-order valence-electron chi connectivity index (χ1n) is 9.22. The fourth-order valence-electron chi connectivity index (χ4n) is 3.09. The zero-order chi connectivity index (χ0) is 21.8. The minimum atomic E-state index is -3.89. The van der Waals surface area contributed by atoms with Gasteiger partial charge in [-0.25, -0.2) is 16.8 Å². The van der Waals surface area contributed by atoms with Crippen LogP contribution in [0.3, 0.4) is 0 Å². The van der Waals surface area contributed by atoms with Gasteiger partial charge in [-0.15, -0.1) is 0 Å². The van der Waals surface area contributed by atoms with Crippen LogP contribution in [0.5, 0.6) is 0 Å². The molecule has 2 unspecified atom stereocenters. The van der Waals surface area contributed by atoms with Crippen LogP contribution in [-0.4, -0.2) is 70.4 Å². The number of nitrogens with zero attached hydrogens (tertiary/aromatic N) is 1. The van der Waals surface area contributed by atoms with Gasteiger partial charge >= 0.3 is 5.97 Å². The zero-order valence-corrected chi connectivity index (χ0v) is 18.3. The number of carbonyl (C=O) groups excluding carboxylic acids is 2. The van der Waals surface area contributed by atoms with Crippen molar-refractivity contribution in [3.05, 3.63) is 29.8 Å². The molecule has 1 heterocycles. The molecule has 1 amide bonds. The van der Waals surface area contributed by atoms with Crippen LogP contribution in [0.25, 0.3) is 0 Å². The lowest BCUT2D eigenvalue weighted by Crippen LogP contribution is -2.47. The number of esters is 1. The van der Waals surface area contributed by atoms with Crippen molar-refractivity contribution in [1.29, 1.82) is 0 Å². The molecule has 1 saturated heterocycles. The van der Waals surface area contributed by atoms with E-state index in [1.807, 2.05) is 6.92 Å². The largest absolute Gasteiger partial charge is 0.452 e. The molecular formula is C18H26N2O7S2. The van der Waals surface area contributed by atoms with Crippen LogP contribution in [-0.2, 0) is 34.2 Å². The van der Waals surface area contributed by atoms with E-state index in [0.29, 0.717) is 6.42 Å². The highest BCUT2D eigenvalue weighted by Gasteiger charge is 2.36. The number of amides is 1. The van der Waals surface area contributed by atoms with Crippen LogP contribution < -0.4 is 4.72 Å². The van der Waals surface area contributed by atoms with E-state index in [2.05, 4.69) is 4.72 Å².